The molecule has 2 atom stereocenters. The summed E-state index contributed by atoms with van der Waals surface area (Å²) < 4.78 is 35.7. The van der Waals surface area contributed by atoms with Crippen molar-refractivity contribution < 1.29 is 22.7 Å². The number of hydrogen-bond acceptors (Lipinski definition) is 5. The molecular weight excluding hydrogens is 323 g/mol. The maximum absolute atomic E-state index is 13.3. The van der Waals surface area contributed by atoms with Crippen LogP contribution in [0.1, 0.15) is 18.2 Å². The fourth-order valence-corrected chi connectivity index (χ4v) is 2.98. The number of rotatable bonds is 6. The predicted molar refractivity (Wildman–Crippen MR) is 84.1 cm³/mol. The summed E-state index contributed by atoms with van der Waals surface area (Å²) >= 11 is 0. The first-order valence-corrected chi connectivity index (χ1v) is 8.22. The van der Waals surface area contributed by atoms with Crippen molar-refractivity contribution in [3.63, 3.8) is 0 Å². The zero-order valence-corrected chi connectivity index (χ0v) is 13.8. The lowest BCUT2D eigenvalue weighted by molar-refractivity contribution is -0.115. The first kappa shape index (κ1) is 17.1. The second kappa shape index (κ2) is 7.36. The number of carbonyl (C=O) groups excluding carboxylic acids is 1. The smallest absolute Gasteiger partial charge is 0.242 e. The Hall–Kier alpha value is -2.22. The Bertz CT molecular complexity index is 732. The van der Waals surface area contributed by atoms with Crippen molar-refractivity contribution in [2.45, 2.75) is 24.9 Å². The van der Waals surface area contributed by atoms with Crippen LogP contribution in [0.25, 0.3) is 0 Å². The van der Waals surface area contributed by atoms with E-state index in [9.17, 15) is 13.4 Å². The molecule has 0 saturated heterocycles. The number of methoxy groups -OCH3 is 1. The van der Waals surface area contributed by atoms with Gasteiger partial charge in [0.1, 0.15) is 16.8 Å². The Morgan fingerprint density at radius 3 is 2.83 bits per heavy atom. The van der Waals surface area contributed by atoms with Gasteiger partial charge < -0.3 is 9.26 Å². The van der Waals surface area contributed by atoms with Crippen LogP contribution >= 0.6 is 0 Å². The summed E-state index contributed by atoms with van der Waals surface area (Å²) in [6, 6.07) is 5.53. The normalized spacial score (nSPS) is 13.4. The van der Waals surface area contributed by atoms with Gasteiger partial charge in [0.15, 0.2) is 0 Å². The summed E-state index contributed by atoms with van der Waals surface area (Å²) in [5, 5.41) is 5.34. The van der Waals surface area contributed by atoms with E-state index in [1.807, 2.05) is 0 Å². The molecule has 23 heavy (non-hydrogen) atoms. The predicted octanol–water partition coefficient (Wildman–Crippen LogP) is 2.41. The lowest BCUT2D eigenvalue weighted by Crippen LogP contribution is -2.29. The van der Waals surface area contributed by atoms with Crippen LogP contribution in [0, 0.1) is 12.7 Å². The van der Waals surface area contributed by atoms with Crippen LogP contribution in [-0.4, -0.2) is 27.6 Å². The highest BCUT2D eigenvalue weighted by Gasteiger charge is 2.22. The van der Waals surface area contributed by atoms with Crippen LogP contribution in [0.3, 0.4) is 0 Å². The molecule has 1 aromatic carbocycles. The van der Waals surface area contributed by atoms with Crippen LogP contribution in [0.4, 0.5) is 10.3 Å². The zero-order chi connectivity index (χ0) is 17.0. The number of amides is 1. The summed E-state index contributed by atoms with van der Waals surface area (Å²) in [6.07, 6.45) is 0. The van der Waals surface area contributed by atoms with Gasteiger partial charge in [-0.15, -0.1) is 0 Å². The highest BCUT2D eigenvalue weighted by atomic mass is 32.2. The van der Waals surface area contributed by atoms with E-state index in [2.05, 4.69) is 10.5 Å². The van der Waals surface area contributed by atoms with Gasteiger partial charge in [0, 0.05) is 22.4 Å². The molecule has 8 heteroatoms. The van der Waals surface area contributed by atoms with Gasteiger partial charge >= 0.3 is 0 Å². The molecule has 0 fully saturated rings. The fourth-order valence-electron chi connectivity index (χ4n) is 1.90. The molecular formula is C15H17FN2O4S. The summed E-state index contributed by atoms with van der Waals surface area (Å²) in [5.74, 6) is -0.287. The van der Waals surface area contributed by atoms with Crippen LogP contribution in [-0.2, 0) is 21.3 Å². The highest BCUT2D eigenvalue weighted by molar-refractivity contribution is 7.85. The molecule has 124 valence electrons. The number of nitrogens with one attached hydrogen (secondary N) is 1. The summed E-state index contributed by atoms with van der Waals surface area (Å²) in [6.45, 7) is 3.25. The van der Waals surface area contributed by atoms with E-state index in [0.717, 1.165) is 0 Å². The molecule has 0 bridgehead atoms. The second-order valence-electron chi connectivity index (χ2n) is 4.95. The third kappa shape index (κ3) is 4.38. The Kier molecular flexibility index (Phi) is 5.49. The number of aromatic nitrogens is 1. The minimum absolute atomic E-state index is 0.00491. The number of ether oxygens (including phenoxy) is 1. The first-order chi connectivity index (χ1) is 10.9. The Balaban J connectivity index is 2.05. The molecule has 0 aliphatic heterocycles. The van der Waals surface area contributed by atoms with Gasteiger partial charge in [0.2, 0.25) is 11.8 Å². The standard InChI is InChI=1S/C15H17FN2O4S/c1-9-6-14(22-18-9)17-15(19)10(2)23(20)8-11-7-12(16)4-5-13(11)21-3/h4-7,10H,8H2,1-3H3,(H,17,19)/t10-,23-/m1/s1. The molecule has 2 aromatic rings. The Morgan fingerprint density at radius 2 is 2.22 bits per heavy atom. The number of aryl methyl sites for hydroxylation is 1. The molecule has 0 spiro atoms. The van der Waals surface area contributed by atoms with Crippen molar-refractivity contribution >= 4 is 22.6 Å². The van der Waals surface area contributed by atoms with E-state index in [-0.39, 0.29) is 11.6 Å². The molecule has 1 aromatic heterocycles. The van der Waals surface area contributed by atoms with Crippen molar-refractivity contribution in [1.82, 2.24) is 5.16 Å². The van der Waals surface area contributed by atoms with Crippen molar-refractivity contribution in [3.05, 3.63) is 41.3 Å². The minimum atomic E-state index is -1.55. The quantitative estimate of drug-likeness (QED) is 0.873. The lowest BCUT2D eigenvalue weighted by Gasteiger charge is -2.12. The monoisotopic (exact) mass is 340 g/mol. The van der Waals surface area contributed by atoms with E-state index in [1.54, 1.807) is 13.0 Å². The van der Waals surface area contributed by atoms with Crippen LogP contribution < -0.4 is 10.1 Å². The van der Waals surface area contributed by atoms with Crippen molar-refractivity contribution in [2.75, 3.05) is 12.4 Å². The SMILES string of the molecule is COc1ccc(F)cc1C[S@@](=O)[C@H](C)C(=O)Nc1cc(C)no1. The molecule has 1 heterocycles. The fraction of sp³-hybridized carbons (Fsp3) is 0.333. The van der Waals surface area contributed by atoms with E-state index in [1.165, 1.54) is 32.2 Å². The van der Waals surface area contributed by atoms with E-state index in [0.29, 0.717) is 17.0 Å². The van der Waals surface area contributed by atoms with E-state index in [4.69, 9.17) is 9.26 Å². The maximum Gasteiger partial charge on any atom is 0.242 e. The second-order valence-corrected chi connectivity index (χ2v) is 6.70. The summed E-state index contributed by atoms with van der Waals surface area (Å²) in [7, 11) is -0.107. The van der Waals surface area contributed by atoms with Gasteiger partial charge in [0.25, 0.3) is 0 Å². The summed E-state index contributed by atoms with van der Waals surface area (Å²) in [5.41, 5.74) is 1.07. The number of carbonyl (C=O) groups is 1. The third-order valence-corrected chi connectivity index (χ3v) is 4.78. The van der Waals surface area contributed by atoms with Gasteiger partial charge in [-0.3, -0.25) is 14.3 Å². The molecule has 0 aliphatic rings. The molecule has 1 amide bonds. The zero-order valence-electron chi connectivity index (χ0n) is 13.0. The van der Waals surface area contributed by atoms with E-state index < -0.39 is 27.8 Å². The molecule has 0 saturated carbocycles. The Labute approximate surface area is 135 Å². The number of hydrogen-bond donors (Lipinski definition) is 1. The molecule has 1 N–H and O–H groups in total. The van der Waals surface area contributed by atoms with Gasteiger partial charge in [-0.2, -0.15) is 0 Å². The summed E-state index contributed by atoms with van der Waals surface area (Å²) in [4.78, 5) is 12.1. The molecule has 0 aliphatic carbocycles. The number of nitrogens with zero attached hydrogens (tertiary/aromatic N) is 1. The van der Waals surface area contributed by atoms with Crippen LogP contribution in [0.5, 0.6) is 5.75 Å². The number of halogens is 1. The maximum atomic E-state index is 13.3. The minimum Gasteiger partial charge on any atom is -0.496 e. The molecule has 2 rings (SSSR count). The van der Waals surface area contributed by atoms with Gasteiger partial charge in [-0.05, 0) is 32.0 Å². The van der Waals surface area contributed by atoms with Gasteiger partial charge in [-0.25, -0.2) is 4.39 Å². The molecule has 0 unspecified atom stereocenters. The first-order valence-electron chi connectivity index (χ1n) is 6.84. The number of anilines is 1. The van der Waals surface area contributed by atoms with Gasteiger partial charge in [-0.1, -0.05) is 5.16 Å². The highest BCUT2D eigenvalue weighted by Crippen LogP contribution is 2.22. The molecule has 6 nitrogen and oxygen atoms in total. The van der Waals surface area contributed by atoms with Gasteiger partial charge in [0.05, 0.1) is 18.6 Å². The van der Waals surface area contributed by atoms with E-state index >= 15 is 0 Å². The van der Waals surface area contributed by atoms with Crippen LogP contribution in [0.2, 0.25) is 0 Å². The van der Waals surface area contributed by atoms with Crippen molar-refractivity contribution in [1.29, 1.82) is 0 Å². The largest absolute Gasteiger partial charge is 0.496 e. The lowest BCUT2D eigenvalue weighted by atomic mass is 10.2. The topological polar surface area (TPSA) is 81.4 Å². The number of benzene rings is 1. The van der Waals surface area contributed by atoms with Crippen molar-refractivity contribution in [2.24, 2.45) is 0 Å². The van der Waals surface area contributed by atoms with Crippen LogP contribution in [0.15, 0.2) is 28.8 Å². The molecule has 0 radical (unpaired) electrons. The average Bonchev–Trinajstić information content (AvgIpc) is 2.91. The average molecular weight is 340 g/mol. The third-order valence-electron chi connectivity index (χ3n) is 3.18. The van der Waals surface area contributed by atoms with Crippen molar-refractivity contribution in [3.8, 4) is 5.75 Å². The Morgan fingerprint density at radius 1 is 1.48 bits per heavy atom.